The van der Waals surface area contributed by atoms with Gasteiger partial charge in [-0.15, -0.1) is 0 Å². The van der Waals surface area contributed by atoms with E-state index in [0.29, 0.717) is 0 Å². The minimum Gasteiger partial charge on any atom is -0.497 e. The summed E-state index contributed by atoms with van der Waals surface area (Å²) in [5.41, 5.74) is 3.94. The number of H-pyrrole nitrogens is 1. The van der Waals surface area contributed by atoms with Gasteiger partial charge in [0.25, 0.3) is 0 Å². The van der Waals surface area contributed by atoms with Crippen LogP contribution in [0.4, 0.5) is 0 Å². The van der Waals surface area contributed by atoms with Crippen molar-refractivity contribution in [1.82, 2.24) is 9.97 Å². The first-order chi connectivity index (χ1) is 9.86. The highest BCUT2D eigenvalue weighted by molar-refractivity contribution is 6.11. The second kappa shape index (κ2) is 4.13. The number of aromatic nitrogens is 2. The molecule has 3 heterocycles. The number of benzene rings is 1. The molecule has 0 amide bonds. The van der Waals surface area contributed by atoms with Gasteiger partial charge in [0.1, 0.15) is 5.75 Å². The molecule has 0 aliphatic carbocycles. The van der Waals surface area contributed by atoms with Crippen LogP contribution in [0.15, 0.2) is 53.5 Å². The van der Waals surface area contributed by atoms with Gasteiger partial charge < -0.3 is 14.1 Å². The second-order valence-corrected chi connectivity index (χ2v) is 4.63. The van der Waals surface area contributed by atoms with Crippen molar-refractivity contribution in [3.05, 3.63) is 49.1 Å². The molecule has 98 valence electrons. The van der Waals surface area contributed by atoms with Crippen molar-refractivity contribution in [3.8, 4) is 17.0 Å². The molecule has 20 heavy (non-hydrogen) atoms. The van der Waals surface area contributed by atoms with Crippen LogP contribution < -0.4 is 4.74 Å². The summed E-state index contributed by atoms with van der Waals surface area (Å²) in [5, 5.41) is 2.26. The summed E-state index contributed by atoms with van der Waals surface area (Å²) in [6, 6.07) is 9.92. The van der Waals surface area contributed by atoms with E-state index in [0.717, 1.165) is 38.8 Å². The smallest absolute Gasteiger partial charge is 0.119 e. The van der Waals surface area contributed by atoms with E-state index in [1.54, 1.807) is 19.6 Å². The minimum atomic E-state index is 0.847. The second-order valence-electron chi connectivity index (χ2n) is 4.63. The molecule has 0 unspecified atom stereocenters. The lowest BCUT2D eigenvalue weighted by atomic mass is 10.1. The van der Waals surface area contributed by atoms with Crippen molar-refractivity contribution in [2.75, 3.05) is 7.11 Å². The molecule has 4 aromatic rings. The zero-order valence-electron chi connectivity index (χ0n) is 10.9. The van der Waals surface area contributed by atoms with Gasteiger partial charge in [-0.2, -0.15) is 0 Å². The largest absolute Gasteiger partial charge is 0.497 e. The average Bonchev–Trinajstić information content (AvgIpc) is 3.13. The molecule has 0 aliphatic heterocycles. The monoisotopic (exact) mass is 264 g/mol. The maximum absolute atomic E-state index is 5.30. The van der Waals surface area contributed by atoms with E-state index < -0.39 is 0 Å². The molecule has 3 aromatic heterocycles. The van der Waals surface area contributed by atoms with Crippen molar-refractivity contribution < 1.29 is 9.15 Å². The van der Waals surface area contributed by atoms with Gasteiger partial charge >= 0.3 is 0 Å². The number of methoxy groups -OCH3 is 1. The Balaban J connectivity index is 2.09. The third kappa shape index (κ3) is 1.51. The van der Waals surface area contributed by atoms with Crippen LogP contribution in [0.3, 0.4) is 0 Å². The Bertz CT molecular complexity index is 892. The van der Waals surface area contributed by atoms with Gasteiger partial charge in [-0.05, 0) is 30.3 Å². The third-order valence-electron chi connectivity index (χ3n) is 3.52. The summed E-state index contributed by atoms with van der Waals surface area (Å²) in [5.74, 6) is 0.847. The normalized spacial score (nSPS) is 11.2. The Hall–Kier alpha value is -2.75. The number of rotatable bonds is 2. The molecule has 0 saturated carbocycles. The summed E-state index contributed by atoms with van der Waals surface area (Å²) in [6.07, 6.45) is 5.17. The quantitative estimate of drug-likeness (QED) is 0.595. The number of nitrogens with zero attached hydrogens (tertiary/aromatic N) is 1. The van der Waals surface area contributed by atoms with Crippen molar-refractivity contribution in [1.29, 1.82) is 0 Å². The van der Waals surface area contributed by atoms with E-state index in [2.05, 4.69) is 9.97 Å². The fraction of sp³-hybridized carbons (Fsp3) is 0.0625. The van der Waals surface area contributed by atoms with E-state index in [1.807, 2.05) is 36.5 Å². The first-order valence-electron chi connectivity index (χ1n) is 6.34. The first-order valence-corrected chi connectivity index (χ1v) is 6.34. The van der Waals surface area contributed by atoms with Crippen LogP contribution >= 0.6 is 0 Å². The van der Waals surface area contributed by atoms with E-state index in [9.17, 15) is 0 Å². The number of pyridine rings is 1. The van der Waals surface area contributed by atoms with Gasteiger partial charge in [-0.3, -0.25) is 4.98 Å². The van der Waals surface area contributed by atoms with Crippen molar-refractivity contribution >= 4 is 21.8 Å². The topological polar surface area (TPSA) is 51.0 Å². The number of fused-ring (bicyclic) bond motifs is 3. The van der Waals surface area contributed by atoms with E-state index >= 15 is 0 Å². The summed E-state index contributed by atoms with van der Waals surface area (Å²) in [6.45, 7) is 0. The highest BCUT2D eigenvalue weighted by atomic mass is 16.5. The summed E-state index contributed by atoms with van der Waals surface area (Å²) < 4.78 is 10.5. The molecule has 0 radical (unpaired) electrons. The predicted molar refractivity (Wildman–Crippen MR) is 77.9 cm³/mol. The molecular weight excluding hydrogens is 252 g/mol. The van der Waals surface area contributed by atoms with Crippen LogP contribution in [-0.4, -0.2) is 17.1 Å². The summed E-state index contributed by atoms with van der Waals surface area (Å²) >= 11 is 0. The number of furan rings is 1. The SMILES string of the molecule is COc1ccc2[nH]c3c(-c4ccoc4)nccc3c2c1. The molecule has 1 aromatic carbocycles. The van der Waals surface area contributed by atoms with Gasteiger partial charge in [0.15, 0.2) is 0 Å². The van der Waals surface area contributed by atoms with Gasteiger partial charge in [0, 0.05) is 28.0 Å². The average molecular weight is 264 g/mol. The summed E-state index contributed by atoms with van der Waals surface area (Å²) in [7, 11) is 1.68. The van der Waals surface area contributed by atoms with E-state index in [1.165, 1.54) is 0 Å². The third-order valence-corrected chi connectivity index (χ3v) is 3.52. The maximum atomic E-state index is 5.30. The van der Waals surface area contributed by atoms with E-state index in [4.69, 9.17) is 9.15 Å². The van der Waals surface area contributed by atoms with Crippen LogP contribution in [0.1, 0.15) is 0 Å². The lowest BCUT2D eigenvalue weighted by Crippen LogP contribution is -1.82. The Morgan fingerprint density at radius 2 is 2.10 bits per heavy atom. The minimum absolute atomic E-state index is 0.847. The van der Waals surface area contributed by atoms with Crippen molar-refractivity contribution in [2.45, 2.75) is 0 Å². The molecule has 4 nitrogen and oxygen atoms in total. The molecule has 1 N–H and O–H groups in total. The molecule has 0 bridgehead atoms. The number of nitrogens with one attached hydrogen (secondary N) is 1. The van der Waals surface area contributed by atoms with Crippen molar-refractivity contribution in [3.63, 3.8) is 0 Å². The molecule has 4 heteroatoms. The Morgan fingerprint density at radius 3 is 2.90 bits per heavy atom. The van der Waals surface area contributed by atoms with Gasteiger partial charge in [-0.1, -0.05) is 0 Å². The standard InChI is InChI=1S/C16H12N2O2/c1-19-11-2-3-14-13(8-11)12-4-6-17-15(16(12)18-14)10-5-7-20-9-10/h2-9,18H,1H3. The Morgan fingerprint density at radius 1 is 1.15 bits per heavy atom. The number of aromatic amines is 1. The zero-order chi connectivity index (χ0) is 13.5. The van der Waals surface area contributed by atoms with Crippen molar-refractivity contribution in [2.24, 2.45) is 0 Å². The highest BCUT2D eigenvalue weighted by Crippen LogP contribution is 2.33. The fourth-order valence-electron chi connectivity index (χ4n) is 2.55. The lowest BCUT2D eigenvalue weighted by Gasteiger charge is -1.99. The van der Waals surface area contributed by atoms with E-state index in [-0.39, 0.29) is 0 Å². The van der Waals surface area contributed by atoms with Crippen LogP contribution in [0, 0.1) is 0 Å². The van der Waals surface area contributed by atoms with Crippen LogP contribution in [-0.2, 0) is 0 Å². The lowest BCUT2D eigenvalue weighted by molar-refractivity contribution is 0.415. The van der Waals surface area contributed by atoms with Gasteiger partial charge in [0.2, 0.25) is 0 Å². The van der Waals surface area contributed by atoms with Gasteiger partial charge in [0.05, 0.1) is 30.8 Å². The molecule has 0 atom stereocenters. The molecule has 0 saturated heterocycles. The molecule has 0 fully saturated rings. The fourth-order valence-corrected chi connectivity index (χ4v) is 2.55. The molecular formula is C16H12N2O2. The van der Waals surface area contributed by atoms with Crippen LogP contribution in [0.5, 0.6) is 5.75 Å². The molecule has 0 spiro atoms. The molecule has 4 rings (SSSR count). The van der Waals surface area contributed by atoms with Crippen LogP contribution in [0.2, 0.25) is 0 Å². The maximum Gasteiger partial charge on any atom is 0.119 e. The number of ether oxygens (including phenoxy) is 1. The summed E-state index contributed by atoms with van der Waals surface area (Å²) in [4.78, 5) is 7.89. The molecule has 0 aliphatic rings. The zero-order valence-corrected chi connectivity index (χ0v) is 10.9. The first kappa shape index (κ1) is 11.1. The Labute approximate surface area is 115 Å². The highest BCUT2D eigenvalue weighted by Gasteiger charge is 2.11. The van der Waals surface area contributed by atoms with Gasteiger partial charge in [-0.25, -0.2) is 0 Å². The van der Waals surface area contributed by atoms with Crippen LogP contribution in [0.25, 0.3) is 33.1 Å². The number of hydrogen-bond acceptors (Lipinski definition) is 3. The number of hydrogen-bond donors (Lipinski definition) is 1. The predicted octanol–water partition coefficient (Wildman–Crippen LogP) is 3.98. The Kier molecular flexibility index (Phi) is 2.29.